The van der Waals surface area contributed by atoms with Gasteiger partial charge in [0.25, 0.3) is 0 Å². The van der Waals surface area contributed by atoms with Gasteiger partial charge in [-0.3, -0.25) is 4.68 Å². The Hall–Kier alpha value is -1.59. The molecule has 1 heterocycles. The molecule has 0 radical (unpaired) electrons. The van der Waals surface area contributed by atoms with Crippen LogP contribution in [0.1, 0.15) is 19.2 Å². The molecule has 2 rings (SSSR count). The summed E-state index contributed by atoms with van der Waals surface area (Å²) in [6.07, 6.45) is 3.22. The van der Waals surface area contributed by atoms with Crippen LogP contribution in [0.15, 0.2) is 30.6 Å². The van der Waals surface area contributed by atoms with Gasteiger partial charge in [-0.15, -0.1) is 0 Å². The van der Waals surface area contributed by atoms with Gasteiger partial charge in [-0.1, -0.05) is 24.6 Å². The molecule has 0 aliphatic heterocycles. The second kappa shape index (κ2) is 7.26. The zero-order valence-electron chi connectivity index (χ0n) is 11.5. The average molecular weight is 295 g/mol. The summed E-state index contributed by atoms with van der Waals surface area (Å²) in [7, 11) is 0. The van der Waals surface area contributed by atoms with Crippen LogP contribution < -0.4 is 10.5 Å². The van der Waals surface area contributed by atoms with Gasteiger partial charge in [0.2, 0.25) is 0 Å². The van der Waals surface area contributed by atoms with Crippen LogP contribution in [0.2, 0.25) is 5.02 Å². The Morgan fingerprint density at radius 2 is 2.30 bits per heavy atom. The molecular formula is C14H19ClN4O. The highest BCUT2D eigenvalue weighted by Crippen LogP contribution is 2.17. The van der Waals surface area contributed by atoms with Crippen LogP contribution in [0, 0.1) is 0 Å². The van der Waals surface area contributed by atoms with Crippen molar-refractivity contribution in [2.45, 2.75) is 32.4 Å². The molecule has 0 saturated carbocycles. The molecular weight excluding hydrogens is 276 g/mol. The number of ether oxygens (including phenoxy) is 1. The van der Waals surface area contributed by atoms with Crippen LogP contribution in [0.5, 0.6) is 5.75 Å². The summed E-state index contributed by atoms with van der Waals surface area (Å²) >= 11 is 5.90. The lowest BCUT2D eigenvalue weighted by atomic mass is 10.2. The number of nitrogens with zero attached hydrogens (tertiary/aromatic N) is 3. The van der Waals surface area contributed by atoms with E-state index >= 15 is 0 Å². The van der Waals surface area contributed by atoms with Gasteiger partial charge >= 0.3 is 0 Å². The lowest BCUT2D eigenvalue weighted by Crippen LogP contribution is -2.31. The first-order chi connectivity index (χ1) is 9.69. The zero-order valence-corrected chi connectivity index (χ0v) is 12.3. The van der Waals surface area contributed by atoms with Crippen molar-refractivity contribution >= 4 is 11.6 Å². The van der Waals surface area contributed by atoms with Crippen molar-refractivity contribution in [3.05, 3.63) is 41.4 Å². The van der Waals surface area contributed by atoms with E-state index in [-0.39, 0.29) is 6.04 Å². The van der Waals surface area contributed by atoms with Crippen molar-refractivity contribution in [3.8, 4) is 5.75 Å². The molecule has 5 nitrogen and oxygen atoms in total. The van der Waals surface area contributed by atoms with Gasteiger partial charge in [-0.05, 0) is 24.6 Å². The maximum atomic E-state index is 6.08. The van der Waals surface area contributed by atoms with Gasteiger partial charge in [0.1, 0.15) is 24.5 Å². The van der Waals surface area contributed by atoms with Gasteiger partial charge in [-0.25, -0.2) is 4.98 Å². The summed E-state index contributed by atoms with van der Waals surface area (Å²) < 4.78 is 7.52. The Balaban J connectivity index is 1.86. The van der Waals surface area contributed by atoms with Crippen molar-refractivity contribution in [1.82, 2.24) is 14.8 Å². The Labute approximate surface area is 123 Å². The van der Waals surface area contributed by atoms with E-state index in [1.165, 1.54) is 0 Å². The Morgan fingerprint density at radius 3 is 3.05 bits per heavy atom. The molecule has 2 aromatic rings. The first-order valence-electron chi connectivity index (χ1n) is 6.69. The van der Waals surface area contributed by atoms with Crippen molar-refractivity contribution in [1.29, 1.82) is 0 Å². The SMILES string of the molecule is CCCn1ncnc1CC(N)COc1cccc(Cl)c1. The topological polar surface area (TPSA) is 66.0 Å². The molecule has 108 valence electrons. The molecule has 1 unspecified atom stereocenters. The number of hydrogen-bond donors (Lipinski definition) is 1. The van der Waals surface area contributed by atoms with Crippen molar-refractivity contribution < 1.29 is 4.74 Å². The highest BCUT2D eigenvalue weighted by molar-refractivity contribution is 6.30. The first kappa shape index (κ1) is 14.8. The molecule has 0 aliphatic carbocycles. The van der Waals surface area contributed by atoms with Crippen LogP contribution in [-0.4, -0.2) is 27.4 Å². The number of halogens is 1. The van der Waals surface area contributed by atoms with Crippen molar-refractivity contribution in [2.24, 2.45) is 5.73 Å². The number of benzene rings is 1. The molecule has 20 heavy (non-hydrogen) atoms. The third-order valence-electron chi connectivity index (χ3n) is 2.84. The standard InChI is InChI=1S/C14H19ClN4O/c1-2-6-19-14(17-10-18-19)8-12(16)9-20-13-5-3-4-11(15)7-13/h3-5,7,10,12H,2,6,8-9,16H2,1H3. The maximum Gasteiger partial charge on any atom is 0.138 e. The average Bonchev–Trinajstić information content (AvgIpc) is 2.84. The van der Waals surface area contributed by atoms with Crippen LogP contribution in [0.3, 0.4) is 0 Å². The fraction of sp³-hybridized carbons (Fsp3) is 0.429. The molecule has 1 aromatic heterocycles. The van der Waals surface area contributed by atoms with E-state index in [1.54, 1.807) is 12.4 Å². The molecule has 0 bridgehead atoms. The van der Waals surface area contributed by atoms with E-state index in [2.05, 4.69) is 17.0 Å². The molecule has 2 N–H and O–H groups in total. The van der Waals surface area contributed by atoms with Crippen LogP contribution in [0.25, 0.3) is 0 Å². The molecule has 1 atom stereocenters. The van der Waals surface area contributed by atoms with Gasteiger partial charge < -0.3 is 10.5 Å². The Morgan fingerprint density at radius 1 is 1.45 bits per heavy atom. The number of aryl methyl sites for hydroxylation is 1. The minimum Gasteiger partial charge on any atom is -0.492 e. The second-order valence-electron chi connectivity index (χ2n) is 4.63. The summed E-state index contributed by atoms with van der Waals surface area (Å²) in [5.74, 6) is 1.62. The van der Waals surface area contributed by atoms with Crippen LogP contribution >= 0.6 is 11.6 Å². The predicted molar refractivity (Wildman–Crippen MR) is 78.9 cm³/mol. The number of hydrogen-bond acceptors (Lipinski definition) is 4. The largest absolute Gasteiger partial charge is 0.492 e. The smallest absolute Gasteiger partial charge is 0.138 e. The van der Waals surface area contributed by atoms with E-state index < -0.39 is 0 Å². The first-order valence-corrected chi connectivity index (χ1v) is 7.07. The highest BCUT2D eigenvalue weighted by atomic mass is 35.5. The van der Waals surface area contributed by atoms with E-state index in [1.807, 2.05) is 22.9 Å². The Bertz CT molecular complexity index is 543. The monoisotopic (exact) mass is 294 g/mol. The Kier molecular flexibility index (Phi) is 5.38. The lowest BCUT2D eigenvalue weighted by Gasteiger charge is -2.13. The molecule has 0 amide bonds. The summed E-state index contributed by atoms with van der Waals surface area (Å²) in [4.78, 5) is 4.24. The number of rotatable bonds is 7. The minimum atomic E-state index is -0.131. The fourth-order valence-electron chi connectivity index (χ4n) is 1.90. The predicted octanol–water partition coefficient (Wildman–Crippen LogP) is 2.29. The fourth-order valence-corrected chi connectivity index (χ4v) is 2.08. The minimum absolute atomic E-state index is 0.131. The molecule has 0 aliphatic rings. The van der Waals surface area contributed by atoms with E-state index in [0.29, 0.717) is 18.1 Å². The maximum absolute atomic E-state index is 6.08. The van der Waals surface area contributed by atoms with Crippen LogP contribution in [0.4, 0.5) is 0 Å². The van der Waals surface area contributed by atoms with Gasteiger partial charge in [0.05, 0.1) is 0 Å². The summed E-state index contributed by atoms with van der Waals surface area (Å²) in [5.41, 5.74) is 6.08. The van der Waals surface area contributed by atoms with E-state index in [4.69, 9.17) is 22.1 Å². The van der Waals surface area contributed by atoms with E-state index in [0.717, 1.165) is 24.5 Å². The lowest BCUT2D eigenvalue weighted by molar-refractivity contribution is 0.284. The summed E-state index contributed by atoms with van der Waals surface area (Å²) in [6.45, 7) is 3.38. The highest BCUT2D eigenvalue weighted by Gasteiger charge is 2.10. The number of aromatic nitrogens is 3. The zero-order chi connectivity index (χ0) is 14.4. The molecule has 6 heteroatoms. The van der Waals surface area contributed by atoms with Crippen molar-refractivity contribution in [2.75, 3.05) is 6.61 Å². The quantitative estimate of drug-likeness (QED) is 0.851. The third kappa shape index (κ3) is 4.21. The number of nitrogens with two attached hydrogens (primary N) is 1. The summed E-state index contributed by atoms with van der Waals surface area (Å²) in [5, 5.41) is 4.83. The molecule has 0 fully saturated rings. The van der Waals surface area contributed by atoms with Crippen molar-refractivity contribution in [3.63, 3.8) is 0 Å². The van der Waals surface area contributed by atoms with Gasteiger partial charge in [-0.2, -0.15) is 5.10 Å². The van der Waals surface area contributed by atoms with Crippen LogP contribution in [-0.2, 0) is 13.0 Å². The summed E-state index contributed by atoms with van der Waals surface area (Å²) in [6, 6.07) is 7.16. The molecule has 0 saturated heterocycles. The molecule has 0 spiro atoms. The van der Waals surface area contributed by atoms with E-state index in [9.17, 15) is 0 Å². The van der Waals surface area contributed by atoms with Gasteiger partial charge in [0, 0.05) is 24.0 Å². The second-order valence-corrected chi connectivity index (χ2v) is 5.07. The van der Waals surface area contributed by atoms with Gasteiger partial charge in [0.15, 0.2) is 0 Å². The normalized spacial score (nSPS) is 12.3. The third-order valence-corrected chi connectivity index (χ3v) is 3.07. The molecule has 1 aromatic carbocycles.